The van der Waals surface area contributed by atoms with Gasteiger partial charge in [-0.3, -0.25) is 0 Å². The lowest BCUT2D eigenvalue weighted by Crippen LogP contribution is -2.00. The van der Waals surface area contributed by atoms with E-state index in [9.17, 15) is 0 Å². The summed E-state index contributed by atoms with van der Waals surface area (Å²) in [6.45, 7) is 0. The van der Waals surface area contributed by atoms with E-state index in [4.69, 9.17) is 0 Å². The van der Waals surface area contributed by atoms with Gasteiger partial charge >= 0.3 is 0 Å². The molecular weight excluding hydrogens is 384 g/mol. The van der Waals surface area contributed by atoms with E-state index in [1.807, 2.05) is 41.1 Å². The van der Waals surface area contributed by atoms with E-state index in [2.05, 4.69) is 61.8 Å². The highest BCUT2D eigenvalue weighted by Crippen LogP contribution is 2.27. The van der Waals surface area contributed by atoms with Crippen molar-refractivity contribution in [3.05, 3.63) is 76.8 Å². The van der Waals surface area contributed by atoms with Crippen molar-refractivity contribution >= 4 is 38.5 Å². The van der Waals surface area contributed by atoms with Gasteiger partial charge in [0.25, 0.3) is 0 Å². The maximum atomic E-state index is 4.19. The molecule has 0 radical (unpaired) electrons. The highest BCUT2D eigenvalue weighted by atomic mass is 79.9. The largest absolute Gasteiger partial charge is 0.214 e. The number of fused-ring (bicyclic) bond motifs is 1. The second kappa shape index (κ2) is 6.75. The molecule has 0 unspecified atom stereocenters. The molecular formula is C18H13BrN4S. The van der Waals surface area contributed by atoms with Crippen LogP contribution in [0.1, 0.15) is 5.56 Å². The zero-order chi connectivity index (χ0) is 16.4. The topological polar surface area (TPSA) is 43.6 Å². The van der Waals surface area contributed by atoms with Crippen LogP contribution in [0.25, 0.3) is 16.5 Å². The van der Waals surface area contributed by atoms with Crippen LogP contribution in [-0.2, 0) is 5.75 Å². The first-order chi connectivity index (χ1) is 11.8. The van der Waals surface area contributed by atoms with Gasteiger partial charge in [-0.25, -0.2) is 0 Å². The minimum atomic E-state index is 0.786. The molecule has 0 fully saturated rings. The molecule has 6 heteroatoms. The van der Waals surface area contributed by atoms with Crippen LogP contribution in [0.15, 0.2) is 76.4 Å². The number of thioether (sulfide) groups is 1. The predicted octanol–water partition coefficient (Wildman–Crippen LogP) is 4.87. The summed E-state index contributed by atoms with van der Waals surface area (Å²) in [5.74, 6) is 0.818. The zero-order valence-electron chi connectivity index (χ0n) is 12.6. The highest BCUT2D eigenvalue weighted by Gasteiger charge is 2.11. The Labute approximate surface area is 152 Å². The molecule has 1 aromatic heterocycles. The van der Waals surface area contributed by atoms with Gasteiger partial charge in [0, 0.05) is 15.6 Å². The molecule has 0 aliphatic carbocycles. The third kappa shape index (κ3) is 3.07. The summed E-state index contributed by atoms with van der Waals surface area (Å²) in [5.41, 5.74) is 2.23. The van der Waals surface area contributed by atoms with Crippen LogP contribution in [-0.4, -0.2) is 20.2 Å². The third-order valence-electron chi connectivity index (χ3n) is 3.72. The number of benzene rings is 3. The van der Waals surface area contributed by atoms with Crippen molar-refractivity contribution in [3.8, 4) is 5.69 Å². The molecule has 0 saturated heterocycles. The SMILES string of the molecule is Brc1ccc(CSc2nnnn2-c2cccc3ccccc23)cc1. The third-order valence-corrected chi connectivity index (χ3v) is 5.24. The minimum Gasteiger partial charge on any atom is -0.187 e. The number of hydrogen-bond acceptors (Lipinski definition) is 4. The van der Waals surface area contributed by atoms with Gasteiger partial charge in [-0.05, 0) is 39.6 Å². The average molecular weight is 397 g/mol. The minimum absolute atomic E-state index is 0.786. The van der Waals surface area contributed by atoms with Crippen LogP contribution in [0.2, 0.25) is 0 Å². The zero-order valence-corrected chi connectivity index (χ0v) is 15.0. The lowest BCUT2D eigenvalue weighted by molar-refractivity contribution is 0.761. The van der Waals surface area contributed by atoms with E-state index in [-0.39, 0.29) is 0 Å². The second-order valence-corrected chi connectivity index (χ2v) is 7.14. The van der Waals surface area contributed by atoms with Gasteiger partial charge < -0.3 is 0 Å². The normalized spacial score (nSPS) is 11.0. The molecule has 0 saturated carbocycles. The molecule has 24 heavy (non-hydrogen) atoms. The summed E-state index contributed by atoms with van der Waals surface area (Å²) in [5, 5.41) is 15.3. The number of aromatic nitrogens is 4. The summed E-state index contributed by atoms with van der Waals surface area (Å²) in [6, 6.07) is 22.7. The summed E-state index contributed by atoms with van der Waals surface area (Å²) in [6.07, 6.45) is 0. The van der Waals surface area contributed by atoms with E-state index in [0.717, 1.165) is 26.5 Å². The van der Waals surface area contributed by atoms with E-state index in [1.165, 1.54) is 10.9 Å². The molecule has 0 bridgehead atoms. The second-order valence-electron chi connectivity index (χ2n) is 5.29. The highest BCUT2D eigenvalue weighted by molar-refractivity contribution is 9.10. The summed E-state index contributed by atoms with van der Waals surface area (Å²) >= 11 is 5.08. The first kappa shape index (κ1) is 15.4. The monoisotopic (exact) mass is 396 g/mol. The van der Waals surface area contributed by atoms with Crippen LogP contribution in [0.4, 0.5) is 0 Å². The van der Waals surface area contributed by atoms with Crippen molar-refractivity contribution in [1.82, 2.24) is 20.2 Å². The van der Waals surface area contributed by atoms with Gasteiger partial charge in [0.1, 0.15) is 0 Å². The fourth-order valence-electron chi connectivity index (χ4n) is 2.54. The molecule has 118 valence electrons. The molecule has 3 aromatic carbocycles. The number of hydrogen-bond donors (Lipinski definition) is 0. The van der Waals surface area contributed by atoms with Crippen molar-refractivity contribution in [3.63, 3.8) is 0 Å². The van der Waals surface area contributed by atoms with Crippen LogP contribution in [0.3, 0.4) is 0 Å². The van der Waals surface area contributed by atoms with Crippen LogP contribution in [0.5, 0.6) is 0 Å². The molecule has 4 nitrogen and oxygen atoms in total. The van der Waals surface area contributed by atoms with Crippen LogP contribution < -0.4 is 0 Å². The summed E-state index contributed by atoms with van der Waals surface area (Å²) in [7, 11) is 0. The fraction of sp³-hybridized carbons (Fsp3) is 0.0556. The molecule has 0 spiro atoms. The van der Waals surface area contributed by atoms with Gasteiger partial charge in [0.2, 0.25) is 5.16 Å². The Morgan fingerprint density at radius 3 is 2.58 bits per heavy atom. The van der Waals surface area contributed by atoms with Gasteiger partial charge in [-0.2, -0.15) is 4.68 Å². The Morgan fingerprint density at radius 1 is 0.917 bits per heavy atom. The maximum Gasteiger partial charge on any atom is 0.214 e. The first-order valence-electron chi connectivity index (χ1n) is 7.45. The van der Waals surface area contributed by atoms with Gasteiger partial charge in [-0.15, -0.1) is 5.10 Å². The fourth-order valence-corrected chi connectivity index (χ4v) is 3.65. The van der Waals surface area contributed by atoms with Crippen LogP contribution >= 0.6 is 27.7 Å². The summed E-state index contributed by atoms with van der Waals surface area (Å²) < 4.78 is 2.89. The van der Waals surface area contributed by atoms with Gasteiger partial charge in [-0.1, -0.05) is 76.2 Å². The van der Waals surface area contributed by atoms with Crippen molar-refractivity contribution in [2.45, 2.75) is 10.9 Å². The number of tetrazole rings is 1. The maximum absolute atomic E-state index is 4.19. The molecule has 4 rings (SSSR count). The molecule has 1 heterocycles. The Balaban J connectivity index is 1.65. The quantitative estimate of drug-likeness (QED) is 0.461. The van der Waals surface area contributed by atoms with Gasteiger partial charge in [0.15, 0.2) is 0 Å². The van der Waals surface area contributed by atoms with E-state index < -0.39 is 0 Å². The molecule has 0 amide bonds. The molecule has 0 aliphatic rings. The van der Waals surface area contributed by atoms with E-state index in [0.29, 0.717) is 0 Å². The van der Waals surface area contributed by atoms with Crippen molar-refractivity contribution in [2.75, 3.05) is 0 Å². The molecule has 4 aromatic rings. The first-order valence-corrected chi connectivity index (χ1v) is 9.23. The standard InChI is InChI=1S/C18H13BrN4S/c19-15-10-8-13(9-11-15)12-24-18-20-21-22-23(18)17-7-3-5-14-4-1-2-6-16(14)17/h1-11H,12H2. The number of rotatable bonds is 4. The van der Waals surface area contributed by atoms with E-state index >= 15 is 0 Å². The Bertz CT molecular complexity index is 976. The van der Waals surface area contributed by atoms with Crippen molar-refractivity contribution in [1.29, 1.82) is 0 Å². The van der Waals surface area contributed by atoms with Crippen LogP contribution in [0, 0.1) is 0 Å². The smallest absolute Gasteiger partial charge is 0.187 e. The number of halogens is 1. The predicted molar refractivity (Wildman–Crippen MR) is 100 cm³/mol. The van der Waals surface area contributed by atoms with Crippen molar-refractivity contribution < 1.29 is 0 Å². The van der Waals surface area contributed by atoms with Gasteiger partial charge in [0.05, 0.1) is 5.69 Å². The molecule has 0 atom stereocenters. The lowest BCUT2D eigenvalue weighted by Gasteiger charge is -2.08. The summed E-state index contributed by atoms with van der Waals surface area (Å²) in [4.78, 5) is 0. The average Bonchev–Trinajstić information content (AvgIpc) is 3.09. The Morgan fingerprint density at radius 2 is 1.71 bits per heavy atom. The Hall–Kier alpha value is -2.18. The lowest BCUT2D eigenvalue weighted by atomic mass is 10.1. The Kier molecular flexibility index (Phi) is 4.32. The van der Waals surface area contributed by atoms with E-state index in [1.54, 1.807) is 11.8 Å². The molecule has 0 aliphatic heterocycles. The van der Waals surface area contributed by atoms with Crippen molar-refractivity contribution in [2.24, 2.45) is 0 Å². The molecule has 0 N–H and O–H groups in total. The number of nitrogens with zero attached hydrogens (tertiary/aromatic N) is 4.